The standard InChI is InChI=1S/C16H26N2O3/c1-17(10-11-6-7-11)16(21)18-13-5-3-2-4-12(13)8-9-14(18)15(19)20/h11-14H,2-10H2,1H3,(H,19,20). The Morgan fingerprint density at radius 3 is 2.48 bits per heavy atom. The van der Waals surface area contributed by atoms with Gasteiger partial charge < -0.3 is 14.9 Å². The molecular formula is C16H26N2O3. The van der Waals surface area contributed by atoms with Gasteiger partial charge in [-0.2, -0.15) is 0 Å². The third-order valence-electron chi connectivity index (χ3n) is 5.43. The number of fused-ring (bicyclic) bond motifs is 1. The monoisotopic (exact) mass is 294 g/mol. The van der Waals surface area contributed by atoms with Crippen molar-refractivity contribution in [1.29, 1.82) is 0 Å². The van der Waals surface area contributed by atoms with Gasteiger partial charge in [-0.15, -0.1) is 0 Å². The van der Waals surface area contributed by atoms with Gasteiger partial charge in [-0.05, 0) is 50.4 Å². The highest BCUT2D eigenvalue weighted by Gasteiger charge is 2.45. The molecule has 3 fully saturated rings. The van der Waals surface area contributed by atoms with E-state index in [1.165, 1.54) is 19.3 Å². The van der Waals surface area contributed by atoms with Gasteiger partial charge in [-0.3, -0.25) is 0 Å². The SMILES string of the molecule is CN(CC1CC1)C(=O)N1C(C(=O)O)CCC2CCCCC21. The first-order valence-electron chi connectivity index (χ1n) is 8.34. The number of piperidine rings is 1. The van der Waals surface area contributed by atoms with Crippen molar-refractivity contribution in [2.24, 2.45) is 11.8 Å². The lowest BCUT2D eigenvalue weighted by Crippen LogP contribution is -2.60. The summed E-state index contributed by atoms with van der Waals surface area (Å²) in [6, 6.07) is -0.549. The van der Waals surface area contributed by atoms with Crippen LogP contribution in [0.4, 0.5) is 4.79 Å². The molecule has 1 heterocycles. The lowest BCUT2D eigenvalue weighted by Gasteiger charge is -2.48. The molecule has 0 spiro atoms. The van der Waals surface area contributed by atoms with Crippen molar-refractivity contribution in [2.45, 2.75) is 63.5 Å². The number of urea groups is 1. The number of carbonyl (C=O) groups is 2. The number of amides is 2. The zero-order chi connectivity index (χ0) is 15.0. The molecule has 0 aromatic rings. The van der Waals surface area contributed by atoms with E-state index in [1.807, 2.05) is 7.05 Å². The maximum Gasteiger partial charge on any atom is 0.326 e. The predicted octanol–water partition coefficient (Wildman–Crippen LogP) is 2.56. The molecule has 3 aliphatic rings. The Bertz CT molecular complexity index is 422. The second kappa shape index (κ2) is 5.85. The summed E-state index contributed by atoms with van der Waals surface area (Å²) in [6.45, 7) is 0.777. The molecule has 1 N–H and O–H groups in total. The molecule has 0 aromatic carbocycles. The number of carboxylic acids is 1. The highest BCUT2D eigenvalue weighted by Crippen LogP contribution is 2.39. The van der Waals surface area contributed by atoms with Crippen LogP contribution in [0.1, 0.15) is 51.4 Å². The topological polar surface area (TPSA) is 60.9 Å². The van der Waals surface area contributed by atoms with E-state index in [2.05, 4.69) is 0 Å². The molecule has 21 heavy (non-hydrogen) atoms. The first-order valence-corrected chi connectivity index (χ1v) is 8.34. The van der Waals surface area contributed by atoms with Crippen LogP contribution < -0.4 is 0 Å². The molecule has 5 nitrogen and oxygen atoms in total. The van der Waals surface area contributed by atoms with Crippen LogP contribution in [-0.4, -0.2) is 52.6 Å². The average Bonchev–Trinajstić information content (AvgIpc) is 3.29. The number of aliphatic carboxylic acids is 1. The number of hydrogen-bond donors (Lipinski definition) is 1. The van der Waals surface area contributed by atoms with Crippen LogP contribution in [0.2, 0.25) is 0 Å². The van der Waals surface area contributed by atoms with Gasteiger partial charge in [0.05, 0.1) is 0 Å². The molecule has 2 amide bonds. The predicted molar refractivity (Wildman–Crippen MR) is 79.0 cm³/mol. The highest BCUT2D eigenvalue weighted by molar-refractivity contribution is 5.83. The summed E-state index contributed by atoms with van der Waals surface area (Å²) in [5.74, 6) is 0.300. The molecule has 0 radical (unpaired) electrons. The third kappa shape index (κ3) is 3.01. The molecule has 0 bridgehead atoms. The molecule has 2 saturated carbocycles. The summed E-state index contributed by atoms with van der Waals surface area (Å²) >= 11 is 0. The maximum absolute atomic E-state index is 12.8. The first kappa shape index (κ1) is 14.7. The molecular weight excluding hydrogens is 268 g/mol. The van der Waals surface area contributed by atoms with Crippen molar-refractivity contribution in [1.82, 2.24) is 9.80 Å². The van der Waals surface area contributed by atoms with Crippen LogP contribution in [-0.2, 0) is 4.79 Å². The van der Waals surface area contributed by atoms with E-state index in [1.54, 1.807) is 9.80 Å². The van der Waals surface area contributed by atoms with Crippen LogP contribution in [0, 0.1) is 11.8 Å². The zero-order valence-electron chi connectivity index (χ0n) is 12.8. The van der Waals surface area contributed by atoms with Crippen molar-refractivity contribution in [3.05, 3.63) is 0 Å². The minimum atomic E-state index is -0.841. The highest BCUT2D eigenvalue weighted by atomic mass is 16.4. The lowest BCUT2D eigenvalue weighted by atomic mass is 9.76. The second-order valence-corrected chi connectivity index (χ2v) is 7.06. The Labute approximate surface area is 126 Å². The fourth-order valence-corrected chi connectivity index (χ4v) is 4.11. The molecule has 1 aliphatic heterocycles. The van der Waals surface area contributed by atoms with E-state index in [-0.39, 0.29) is 12.1 Å². The van der Waals surface area contributed by atoms with Crippen LogP contribution in [0.3, 0.4) is 0 Å². The molecule has 1 saturated heterocycles. The number of likely N-dealkylation sites (tertiary alicyclic amines) is 1. The summed E-state index contributed by atoms with van der Waals surface area (Å²) < 4.78 is 0. The Balaban J connectivity index is 1.77. The van der Waals surface area contributed by atoms with E-state index < -0.39 is 12.0 Å². The Kier molecular flexibility index (Phi) is 4.09. The van der Waals surface area contributed by atoms with E-state index in [0.717, 1.165) is 32.2 Å². The normalized spacial score (nSPS) is 32.4. The number of hydrogen-bond acceptors (Lipinski definition) is 2. The van der Waals surface area contributed by atoms with Crippen LogP contribution in [0.15, 0.2) is 0 Å². The van der Waals surface area contributed by atoms with E-state index in [4.69, 9.17) is 0 Å². The molecule has 118 valence electrons. The van der Waals surface area contributed by atoms with Crippen molar-refractivity contribution in [3.63, 3.8) is 0 Å². The van der Waals surface area contributed by atoms with Gasteiger partial charge in [-0.25, -0.2) is 9.59 Å². The van der Waals surface area contributed by atoms with Crippen LogP contribution in [0.5, 0.6) is 0 Å². The van der Waals surface area contributed by atoms with E-state index >= 15 is 0 Å². The number of nitrogens with zero attached hydrogens (tertiary/aromatic N) is 2. The lowest BCUT2D eigenvalue weighted by molar-refractivity contribution is -0.146. The quantitative estimate of drug-likeness (QED) is 0.870. The van der Waals surface area contributed by atoms with E-state index in [0.29, 0.717) is 18.3 Å². The number of carboxylic acid groups (broad SMARTS) is 1. The Morgan fingerprint density at radius 1 is 1.10 bits per heavy atom. The van der Waals surface area contributed by atoms with Gasteiger partial charge in [0.15, 0.2) is 0 Å². The van der Waals surface area contributed by atoms with Gasteiger partial charge in [-0.1, -0.05) is 12.8 Å². The summed E-state index contributed by atoms with van der Waals surface area (Å²) in [6.07, 6.45) is 8.42. The van der Waals surface area contributed by atoms with E-state index in [9.17, 15) is 14.7 Å². The van der Waals surface area contributed by atoms with Crippen molar-refractivity contribution < 1.29 is 14.7 Å². The van der Waals surface area contributed by atoms with Crippen molar-refractivity contribution >= 4 is 12.0 Å². The van der Waals surface area contributed by atoms with Gasteiger partial charge in [0.1, 0.15) is 6.04 Å². The molecule has 5 heteroatoms. The van der Waals surface area contributed by atoms with Crippen molar-refractivity contribution in [3.8, 4) is 0 Å². The first-order chi connectivity index (χ1) is 10.1. The summed E-state index contributed by atoms with van der Waals surface area (Å²) in [7, 11) is 1.83. The minimum absolute atomic E-state index is 0.0640. The molecule has 3 unspecified atom stereocenters. The van der Waals surface area contributed by atoms with Crippen LogP contribution >= 0.6 is 0 Å². The summed E-state index contributed by atoms with van der Waals surface area (Å²) in [5, 5.41) is 9.51. The summed E-state index contributed by atoms with van der Waals surface area (Å²) in [4.78, 5) is 27.9. The molecule has 3 atom stereocenters. The maximum atomic E-state index is 12.8. The summed E-state index contributed by atoms with van der Waals surface area (Å²) in [5.41, 5.74) is 0. The molecule has 2 aliphatic carbocycles. The number of rotatable bonds is 3. The Hall–Kier alpha value is -1.26. The van der Waals surface area contributed by atoms with Gasteiger partial charge in [0, 0.05) is 19.6 Å². The van der Waals surface area contributed by atoms with Gasteiger partial charge in [0.25, 0.3) is 0 Å². The largest absolute Gasteiger partial charge is 0.480 e. The van der Waals surface area contributed by atoms with Gasteiger partial charge >= 0.3 is 12.0 Å². The molecule has 3 rings (SSSR count). The third-order valence-corrected chi connectivity index (χ3v) is 5.43. The fraction of sp³-hybridized carbons (Fsp3) is 0.875. The molecule has 0 aromatic heterocycles. The van der Waals surface area contributed by atoms with Crippen molar-refractivity contribution in [2.75, 3.05) is 13.6 Å². The zero-order valence-corrected chi connectivity index (χ0v) is 12.8. The average molecular weight is 294 g/mol. The smallest absolute Gasteiger partial charge is 0.326 e. The Morgan fingerprint density at radius 2 is 1.81 bits per heavy atom. The number of carbonyl (C=O) groups excluding carboxylic acids is 1. The van der Waals surface area contributed by atoms with Gasteiger partial charge in [0.2, 0.25) is 0 Å². The van der Waals surface area contributed by atoms with Crippen LogP contribution in [0.25, 0.3) is 0 Å². The minimum Gasteiger partial charge on any atom is -0.480 e. The fourth-order valence-electron chi connectivity index (χ4n) is 4.11. The second-order valence-electron chi connectivity index (χ2n) is 7.06.